The predicted molar refractivity (Wildman–Crippen MR) is 97.4 cm³/mol. The van der Waals surface area contributed by atoms with E-state index in [1.54, 1.807) is 42.5 Å². The zero-order valence-corrected chi connectivity index (χ0v) is 14.8. The van der Waals surface area contributed by atoms with Crippen molar-refractivity contribution >= 4 is 29.3 Å². The molecule has 0 heterocycles. The van der Waals surface area contributed by atoms with Crippen LogP contribution in [-0.2, 0) is 9.53 Å². The maximum atomic E-state index is 13.5. The average Bonchev–Trinajstić information content (AvgIpc) is 2.62. The highest BCUT2D eigenvalue weighted by Gasteiger charge is 2.09. The van der Waals surface area contributed by atoms with Crippen LogP contribution < -0.4 is 5.32 Å². The van der Waals surface area contributed by atoms with E-state index in [0.717, 1.165) is 24.6 Å². The van der Waals surface area contributed by atoms with Gasteiger partial charge in [-0.1, -0.05) is 25.5 Å². The molecule has 0 aliphatic heterocycles. The van der Waals surface area contributed by atoms with Crippen LogP contribution >= 0.6 is 11.8 Å². The number of thioether (sulfide) groups is 1. The normalized spacial score (nSPS) is 10.3. The molecule has 4 nitrogen and oxygen atoms in total. The number of amides is 1. The third-order valence-electron chi connectivity index (χ3n) is 3.33. The van der Waals surface area contributed by atoms with Crippen LogP contribution in [0.25, 0.3) is 0 Å². The number of carbonyl (C=O) groups is 2. The summed E-state index contributed by atoms with van der Waals surface area (Å²) in [5.74, 6) is -0.860. The van der Waals surface area contributed by atoms with Crippen molar-refractivity contribution in [3.63, 3.8) is 0 Å². The summed E-state index contributed by atoms with van der Waals surface area (Å²) in [5.41, 5.74) is 1.01. The number of benzene rings is 2. The Morgan fingerprint density at radius 3 is 2.52 bits per heavy atom. The molecule has 0 aromatic heterocycles. The second kappa shape index (κ2) is 9.84. The number of carbonyl (C=O) groups excluding carboxylic acids is 2. The second-order valence-electron chi connectivity index (χ2n) is 5.33. The average molecular weight is 361 g/mol. The minimum absolute atomic E-state index is 0.0990. The van der Waals surface area contributed by atoms with E-state index in [1.165, 1.54) is 6.07 Å². The highest BCUT2D eigenvalue weighted by Crippen LogP contribution is 2.21. The smallest absolute Gasteiger partial charge is 0.338 e. The fraction of sp³-hybridized carbons (Fsp3) is 0.263. The van der Waals surface area contributed by atoms with E-state index in [9.17, 15) is 14.0 Å². The van der Waals surface area contributed by atoms with E-state index < -0.39 is 0 Å². The van der Waals surface area contributed by atoms with Crippen LogP contribution in [0.4, 0.5) is 10.1 Å². The largest absolute Gasteiger partial charge is 0.462 e. The topological polar surface area (TPSA) is 55.4 Å². The van der Waals surface area contributed by atoms with Gasteiger partial charge in [0.1, 0.15) is 5.82 Å². The first-order valence-corrected chi connectivity index (χ1v) is 9.03. The monoisotopic (exact) mass is 361 g/mol. The lowest BCUT2D eigenvalue weighted by Crippen LogP contribution is -2.14. The van der Waals surface area contributed by atoms with Gasteiger partial charge < -0.3 is 10.1 Å². The quantitative estimate of drug-likeness (QED) is 0.427. The fourth-order valence-electron chi connectivity index (χ4n) is 1.98. The van der Waals surface area contributed by atoms with E-state index in [-0.39, 0.29) is 23.4 Å². The number of hydrogen-bond donors (Lipinski definition) is 1. The van der Waals surface area contributed by atoms with Gasteiger partial charge in [-0.2, -0.15) is 0 Å². The van der Waals surface area contributed by atoms with Crippen LogP contribution in [-0.4, -0.2) is 24.2 Å². The number of rotatable bonds is 8. The van der Waals surface area contributed by atoms with Crippen molar-refractivity contribution in [2.45, 2.75) is 24.7 Å². The van der Waals surface area contributed by atoms with Crippen LogP contribution in [0.5, 0.6) is 0 Å². The van der Waals surface area contributed by atoms with E-state index in [0.29, 0.717) is 22.8 Å². The molecule has 0 aliphatic carbocycles. The van der Waals surface area contributed by atoms with E-state index in [2.05, 4.69) is 5.32 Å². The van der Waals surface area contributed by atoms with Crippen molar-refractivity contribution in [3.8, 4) is 0 Å². The molecule has 0 saturated carbocycles. The Morgan fingerprint density at radius 1 is 1.12 bits per heavy atom. The lowest BCUT2D eigenvalue weighted by atomic mass is 10.2. The number of nitrogens with one attached hydrogen (secondary N) is 1. The summed E-state index contributed by atoms with van der Waals surface area (Å²) in [7, 11) is 0. The van der Waals surface area contributed by atoms with Gasteiger partial charge in [0.05, 0.1) is 17.9 Å². The minimum atomic E-state index is -0.374. The molecule has 0 bridgehead atoms. The Kier molecular flexibility index (Phi) is 7.47. The van der Waals surface area contributed by atoms with Gasteiger partial charge in [-0.15, -0.1) is 11.8 Å². The summed E-state index contributed by atoms with van der Waals surface area (Å²) in [6.45, 7) is 2.43. The molecule has 0 radical (unpaired) electrons. The third-order valence-corrected chi connectivity index (χ3v) is 4.38. The third kappa shape index (κ3) is 6.23. The molecule has 1 N–H and O–H groups in total. The maximum Gasteiger partial charge on any atom is 0.338 e. The number of esters is 1. The van der Waals surface area contributed by atoms with Crippen molar-refractivity contribution in [1.82, 2.24) is 0 Å². The molecule has 2 aromatic carbocycles. The van der Waals surface area contributed by atoms with Gasteiger partial charge in [-0.3, -0.25) is 4.79 Å². The molecular weight excluding hydrogens is 341 g/mol. The predicted octanol–water partition coefficient (Wildman–Crippen LogP) is 4.51. The Hall–Kier alpha value is -2.34. The zero-order chi connectivity index (χ0) is 18.1. The van der Waals surface area contributed by atoms with Gasteiger partial charge >= 0.3 is 5.97 Å². The summed E-state index contributed by atoms with van der Waals surface area (Å²) in [4.78, 5) is 24.2. The molecule has 2 aromatic rings. The van der Waals surface area contributed by atoms with Crippen LogP contribution in [0.2, 0.25) is 0 Å². The number of ether oxygens (including phenoxy) is 1. The summed E-state index contributed by atoms with van der Waals surface area (Å²) in [5, 5.41) is 2.72. The molecule has 1 amide bonds. The summed E-state index contributed by atoms with van der Waals surface area (Å²) >= 11 is 1.13. The summed E-state index contributed by atoms with van der Waals surface area (Å²) < 4.78 is 18.6. The van der Waals surface area contributed by atoms with Gasteiger partial charge in [0.2, 0.25) is 5.91 Å². The number of halogens is 1. The maximum absolute atomic E-state index is 13.5. The number of unbranched alkanes of at least 4 members (excludes halogenated alkanes) is 1. The zero-order valence-electron chi connectivity index (χ0n) is 14.0. The molecule has 0 atom stereocenters. The van der Waals surface area contributed by atoms with Crippen molar-refractivity contribution < 1.29 is 18.7 Å². The van der Waals surface area contributed by atoms with Gasteiger partial charge in [-0.05, 0) is 42.8 Å². The first-order valence-electron chi connectivity index (χ1n) is 8.04. The van der Waals surface area contributed by atoms with E-state index in [4.69, 9.17) is 4.74 Å². The van der Waals surface area contributed by atoms with Gasteiger partial charge in [0.15, 0.2) is 0 Å². The molecule has 2 rings (SSSR count). The fourth-order valence-corrected chi connectivity index (χ4v) is 2.72. The Morgan fingerprint density at radius 2 is 1.84 bits per heavy atom. The highest BCUT2D eigenvalue weighted by molar-refractivity contribution is 8.00. The van der Waals surface area contributed by atoms with Crippen molar-refractivity contribution in [2.75, 3.05) is 17.7 Å². The molecule has 6 heteroatoms. The number of hydrogen-bond acceptors (Lipinski definition) is 4. The first kappa shape index (κ1) is 19.0. The van der Waals surface area contributed by atoms with Crippen LogP contribution in [0.15, 0.2) is 53.4 Å². The van der Waals surface area contributed by atoms with Crippen molar-refractivity contribution in [2.24, 2.45) is 0 Å². The van der Waals surface area contributed by atoms with Crippen molar-refractivity contribution in [1.29, 1.82) is 0 Å². The molecule has 0 spiro atoms. The first-order chi connectivity index (χ1) is 12.1. The molecular formula is C19H20FNO3S. The number of anilines is 1. The molecule has 0 saturated heterocycles. The van der Waals surface area contributed by atoms with Gasteiger partial charge in [0, 0.05) is 10.6 Å². The summed E-state index contributed by atoms with van der Waals surface area (Å²) in [6.07, 6.45) is 1.79. The van der Waals surface area contributed by atoms with Gasteiger partial charge in [0.25, 0.3) is 0 Å². The van der Waals surface area contributed by atoms with Gasteiger partial charge in [-0.25, -0.2) is 9.18 Å². The molecule has 25 heavy (non-hydrogen) atoms. The summed E-state index contributed by atoms with van der Waals surface area (Å²) in [6, 6.07) is 12.8. The standard InChI is InChI=1S/C19H20FNO3S/c1-2-3-12-24-19(23)14-8-10-15(11-9-14)21-18(22)13-25-17-7-5-4-6-16(17)20/h4-11H,2-3,12-13H2,1H3,(H,21,22). The lowest BCUT2D eigenvalue weighted by molar-refractivity contribution is -0.113. The SMILES string of the molecule is CCCCOC(=O)c1ccc(NC(=O)CSc2ccccc2F)cc1. The van der Waals surface area contributed by atoms with Crippen LogP contribution in [0.1, 0.15) is 30.1 Å². The Balaban J connectivity index is 1.83. The molecule has 0 fully saturated rings. The van der Waals surface area contributed by atoms with E-state index in [1.807, 2.05) is 6.92 Å². The lowest BCUT2D eigenvalue weighted by Gasteiger charge is -2.07. The van der Waals surface area contributed by atoms with Crippen molar-refractivity contribution in [3.05, 3.63) is 59.9 Å². The second-order valence-corrected chi connectivity index (χ2v) is 6.35. The van der Waals surface area contributed by atoms with Crippen LogP contribution in [0.3, 0.4) is 0 Å². The van der Waals surface area contributed by atoms with Crippen LogP contribution in [0, 0.1) is 5.82 Å². The Labute approximate surface area is 150 Å². The Bertz CT molecular complexity index is 719. The molecule has 132 valence electrons. The molecule has 0 aliphatic rings. The molecule has 0 unspecified atom stereocenters. The highest BCUT2D eigenvalue weighted by atomic mass is 32.2. The minimum Gasteiger partial charge on any atom is -0.462 e. The van der Waals surface area contributed by atoms with E-state index >= 15 is 0 Å².